The van der Waals surface area contributed by atoms with Crippen molar-refractivity contribution in [2.45, 2.75) is 64.0 Å². The molecule has 0 unspecified atom stereocenters. The summed E-state index contributed by atoms with van der Waals surface area (Å²) < 4.78 is 5.61. The fourth-order valence-corrected chi connectivity index (χ4v) is 4.15. The lowest BCUT2D eigenvalue weighted by atomic mass is 9.85. The Labute approximate surface area is 145 Å². The maximum atomic E-state index is 12.8. The number of aryl methyl sites for hydroxylation is 2. The molecule has 0 bridgehead atoms. The Bertz CT molecular complexity index is 561. The second-order valence-electron chi connectivity index (χ2n) is 7.68. The summed E-state index contributed by atoms with van der Waals surface area (Å²) in [5.41, 5.74) is 0.106. The van der Waals surface area contributed by atoms with E-state index < -0.39 is 0 Å². The number of nitrogens with zero attached hydrogens (tertiary/aromatic N) is 2. The normalized spacial score (nSPS) is 22.0. The number of piperidine rings is 1. The molecule has 5 heteroatoms. The van der Waals surface area contributed by atoms with Crippen molar-refractivity contribution < 1.29 is 9.21 Å². The minimum atomic E-state index is 0.106. The average Bonchev–Trinajstić information content (AvgIpc) is 3.15. The van der Waals surface area contributed by atoms with Crippen molar-refractivity contribution in [2.24, 2.45) is 0 Å². The van der Waals surface area contributed by atoms with Crippen molar-refractivity contribution in [3.8, 4) is 0 Å². The third-order valence-electron chi connectivity index (χ3n) is 5.75. The van der Waals surface area contributed by atoms with Gasteiger partial charge < -0.3 is 19.5 Å². The second-order valence-corrected chi connectivity index (χ2v) is 7.68. The number of urea groups is 1. The highest BCUT2D eigenvalue weighted by Gasteiger charge is 2.45. The van der Waals surface area contributed by atoms with Gasteiger partial charge in [0.15, 0.2) is 0 Å². The van der Waals surface area contributed by atoms with Crippen LogP contribution in [0.15, 0.2) is 16.5 Å². The van der Waals surface area contributed by atoms with Crippen molar-refractivity contribution in [1.29, 1.82) is 0 Å². The first kappa shape index (κ1) is 17.3. The van der Waals surface area contributed by atoms with Crippen LogP contribution in [0, 0.1) is 6.92 Å². The molecule has 2 amide bonds. The number of amides is 2. The smallest absolute Gasteiger partial charge is 0.318 e. The number of nitrogens with one attached hydrogen (secondary N) is 1. The summed E-state index contributed by atoms with van der Waals surface area (Å²) in [5.74, 6) is 1.95. The number of hydrogen-bond donors (Lipinski definition) is 1. The number of hydrogen-bond acceptors (Lipinski definition) is 3. The van der Waals surface area contributed by atoms with Gasteiger partial charge in [-0.1, -0.05) is 0 Å². The van der Waals surface area contributed by atoms with Gasteiger partial charge in [0.05, 0.1) is 0 Å². The van der Waals surface area contributed by atoms with E-state index >= 15 is 0 Å². The molecule has 0 aromatic carbocycles. The van der Waals surface area contributed by atoms with Gasteiger partial charge in [0.25, 0.3) is 0 Å². The highest BCUT2D eigenvalue weighted by molar-refractivity contribution is 5.75. The van der Waals surface area contributed by atoms with Crippen LogP contribution >= 0.6 is 0 Å². The van der Waals surface area contributed by atoms with Crippen LogP contribution in [0.2, 0.25) is 0 Å². The molecule has 1 aromatic heterocycles. The largest absolute Gasteiger partial charge is 0.466 e. The predicted molar refractivity (Wildman–Crippen MR) is 95.2 cm³/mol. The fraction of sp³-hybridized carbons (Fsp3) is 0.737. The molecule has 1 atom stereocenters. The summed E-state index contributed by atoms with van der Waals surface area (Å²) in [7, 11) is 2.17. The molecule has 2 saturated heterocycles. The van der Waals surface area contributed by atoms with E-state index in [-0.39, 0.29) is 17.6 Å². The van der Waals surface area contributed by atoms with Crippen LogP contribution in [0.3, 0.4) is 0 Å². The molecule has 2 aliphatic rings. The van der Waals surface area contributed by atoms with E-state index in [2.05, 4.69) is 29.1 Å². The lowest BCUT2D eigenvalue weighted by Crippen LogP contribution is -2.56. The van der Waals surface area contributed by atoms with Crippen LogP contribution in [0.25, 0.3) is 0 Å². The molecule has 0 aliphatic carbocycles. The Hall–Kier alpha value is -1.49. The lowest BCUT2D eigenvalue weighted by Gasteiger charge is -2.44. The van der Waals surface area contributed by atoms with Crippen molar-refractivity contribution >= 4 is 6.03 Å². The van der Waals surface area contributed by atoms with Crippen molar-refractivity contribution in [2.75, 3.05) is 26.7 Å². The van der Waals surface area contributed by atoms with Gasteiger partial charge in [0, 0.05) is 37.6 Å². The molecule has 2 fully saturated rings. The molecule has 1 N–H and O–H groups in total. The topological polar surface area (TPSA) is 48.7 Å². The minimum absolute atomic E-state index is 0.106. The van der Waals surface area contributed by atoms with E-state index in [0.717, 1.165) is 69.7 Å². The number of likely N-dealkylation sites (tertiary alicyclic amines) is 2. The summed E-state index contributed by atoms with van der Waals surface area (Å²) in [4.78, 5) is 17.3. The minimum Gasteiger partial charge on any atom is -0.466 e. The molecule has 5 nitrogen and oxygen atoms in total. The maximum absolute atomic E-state index is 12.8. The van der Waals surface area contributed by atoms with Gasteiger partial charge in [-0.2, -0.15) is 0 Å². The van der Waals surface area contributed by atoms with Crippen molar-refractivity contribution in [1.82, 2.24) is 15.1 Å². The molecule has 2 aliphatic heterocycles. The number of furan rings is 1. The Kier molecular flexibility index (Phi) is 5.18. The van der Waals surface area contributed by atoms with E-state index in [0.29, 0.717) is 0 Å². The van der Waals surface area contributed by atoms with E-state index in [1.54, 1.807) is 0 Å². The quantitative estimate of drug-likeness (QED) is 0.920. The predicted octanol–water partition coefficient (Wildman–Crippen LogP) is 3.18. The van der Waals surface area contributed by atoms with Gasteiger partial charge in [0.1, 0.15) is 11.5 Å². The van der Waals surface area contributed by atoms with Gasteiger partial charge >= 0.3 is 6.03 Å². The monoisotopic (exact) mass is 333 g/mol. The summed E-state index contributed by atoms with van der Waals surface area (Å²) in [6.45, 7) is 7.14. The number of rotatable bonds is 4. The molecular weight excluding hydrogens is 302 g/mol. The molecule has 24 heavy (non-hydrogen) atoms. The van der Waals surface area contributed by atoms with Crippen molar-refractivity contribution in [3.05, 3.63) is 23.7 Å². The van der Waals surface area contributed by atoms with Gasteiger partial charge in [-0.25, -0.2) is 4.79 Å². The van der Waals surface area contributed by atoms with Crippen molar-refractivity contribution in [3.63, 3.8) is 0 Å². The standard InChI is InChI=1S/C19H31N3O2/c1-15(5-7-17-8-6-16(2)24-17)20-18(23)22-12-4-9-19(22)10-13-21(3)14-11-19/h6,8,15H,4-5,7,9-14H2,1-3H3,(H,20,23)/t15-/m1/s1. The fourth-order valence-electron chi connectivity index (χ4n) is 4.15. The van der Waals surface area contributed by atoms with Crippen LogP contribution in [0.4, 0.5) is 4.79 Å². The Morgan fingerprint density at radius 3 is 2.71 bits per heavy atom. The van der Waals surface area contributed by atoms with Gasteiger partial charge in [-0.15, -0.1) is 0 Å². The highest BCUT2D eigenvalue weighted by Crippen LogP contribution is 2.38. The SMILES string of the molecule is Cc1ccc(CC[C@@H](C)NC(=O)N2CCCC23CCN(C)CC3)o1. The molecule has 3 heterocycles. The molecule has 1 aromatic rings. The first-order chi connectivity index (χ1) is 11.5. The molecule has 3 rings (SSSR count). The molecular formula is C19H31N3O2. The Balaban J connectivity index is 1.51. The zero-order valence-corrected chi connectivity index (χ0v) is 15.3. The van der Waals surface area contributed by atoms with E-state index in [9.17, 15) is 4.79 Å². The Morgan fingerprint density at radius 2 is 2.04 bits per heavy atom. The van der Waals surface area contributed by atoms with Crippen LogP contribution in [-0.4, -0.2) is 54.1 Å². The molecule has 1 spiro atoms. The maximum Gasteiger partial charge on any atom is 0.318 e. The summed E-state index contributed by atoms with van der Waals surface area (Å²) in [6, 6.07) is 4.30. The van der Waals surface area contributed by atoms with Crippen LogP contribution < -0.4 is 5.32 Å². The molecule has 0 saturated carbocycles. The lowest BCUT2D eigenvalue weighted by molar-refractivity contribution is 0.0817. The highest BCUT2D eigenvalue weighted by atomic mass is 16.3. The van der Waals surface area contributed by atoms with Crippen LogP contribution in [0.1, 0.15) is 50.5 Å². The van der Waals surface area contributed by atoms with E-state index in [1.165, 1.54) is 0 Å². The first-order valence-electron chi connectivity index (χ1n) is 9.30. The molecule has 134 valence electrons. The Morgan fingerprint density at radius 1 is 1.29 bits per heavy atom. The summed E-state index contributed by atoms with van der Waals surface area (Å²) in [6.07, 6.45) is 6.28. The zero-order valence-electron chi connectivity index (χ0n) is 15.3. The van der Waals surface area contributed by atoms with E-state index in [1.807, 2.05) is 19.1 Å². The second kappa shape index (κ2) is 7.18. The van der Waals surface area contributed by atoms with Gasteiger partial charge in [-0.3, -0.25) is 0 Å². The van der Waals surface area contributed by atoms with Crippen LogP contribution in [-0.2, 0) is 6.42 Å². The van der Waals surface area contributed by atoms with Crippen LogP contribution in [0.5, 0.6) is 0 Å². The third kappa shape index (κ3) is 3.77. The summed E-state index contributed by atoms with van der Waals surface area (Å²) in [5, 5.41) is 3.21. The number of carbonyl (C=O) groups excluding carboxylic acids is 1. The van der Waals surface area contributed by atoms with Gasteiger partial charge in [0.2, 0.25) is 0 Å². The van der Waals surface area contributed by atoms with E-state index in [4.69, 9.17) is 4.42 Å². The zero-order chi connectivity index (χ0) is 17.2. The first-order valence-corrected chi connectivity index (χ1v) is 9.30. The number of carbonyl (C=O) groups is 1. The average molecular weight is 333 g/mol. The molecule has 0 radical (unpaired) electrons. The van der Waals surface area contributed by atoms with Gasteiger partial charge in [-0.05, 0) is 65.1 Å². The summed E-state index contributed by atoms with van der Waals surface area (Å²) >= 11 is 0. The third-order valence-corrected chi connectivity index (χ3v) is 5.75.